The number of thiazole rings is 1. The number of carbonyl (C=O) groups is 3. The van der Waals surface area contributed by atoms with Crippen LogP contribution in [0.25, 0.3) is 11.4 Å². The fourth-order valence-corrected chi connectivity index (χ4v) is 5.66. The van der Waals surface area contributed by atoms with Crippen molar-refractivity contribution in [2.45, 2.75) is 33.7 Å². The SMILES string of the molecule is CCOC(=O)c1sc(N2C(=O)C(=O)/C(=C(/O)c3nc4c(C)cccn4c3C)C2c2ccc(OC)cc2)nc1C. The molecule has 11 heteroatoms. The van der Waals surface area contributed by atoms with Gasteiger partial charge in [-0.15, -0.1) is 0 Å². The van der Waals surface area contributed by atoms with Crippen molar-refractivity contribution in [1.29, 1.82) is 0 Å². The Morgan fingerprint density at radius 3 is 2.46 bits per heavy atom. The number of aromatic nitrogens is 3. The molecule has 1 aliphatic rings. The molecule has 0 aliphatic carbocycles. The van der Waals surface area contributed by atoms with Crippen LogP contribution in [-0.2, 0) is 14.3 Å². The molecule has 39 heavy (non-hydrogen) atoms. The van der Waals surface area contributed by atoms with E-state index in [-0.39, 0.29) is 27.9 Å². The van der Waals surface area contributed by atoms with Crippen LogP contribution in [0.4, 0.5) is 5.13 Å². The number of imidazole rings is 1. The normalized spacial score (nSPS) is 16.7. The van der Waals surface area contributed by atoms with Crippen LogP contribution in [0, 0.1) is 20.8 Å². The van der Waals surface area contributed by atoms with Crippen molar-refractivity contribution in [2.24, 2.45) is 0 Å². The number of ether oxygens (including phenoxy) is 2. The van der Waals surface area contributed by atoms with Gasteiger partial charge in [0.1, 0.15) is 22.0 Å². The van der Waals surface area contributed by atoms with Crippen LogP contribution in [0.1, 0.15) is 50.8 Å². The molecular formula is C28H26N4O6S. The highest BCUT2D eigenvalue weighted by Gasteiger charge is 2.49. The molecule has 1 saturated heterocycles. The number of Topliss-reactive ketones (excluding diaryl/α,β-unsaturated/α-hetero) is 1. The molecule has 1 amide bonds. The number of hydrogen-bond donors (Lipinski definition) is 1. The molecular weight excluding hydrogens is 520 g/mol. The van der Waals surface area contributed by atoms with Gasteiger partial charge in [0.2, 0.25) is 0 Å². The van der Waals surface area contributed by atoms with Crippen LogP contribution in [0.2, 0.25) is 0 Å². The van der Waals surface area contributed by atoms with Gasteiger partial charge in [-0.2, -0.15) is 0 Å². The third kappa shape index (κ3) is 4.24. The molecule has 4 aromatic rings. The third-order valence-corrected chi connectivity index (χ3v) is 7.77. The molecule has 10 nitrogen and oxygen atoms in total. The van der Waals surface area contributed by atoms with Gasteiger partial charge in [-0.25, -0.2) is 14.8 Å². The number of benzene rings is 1. The second kappa shape index (κ2) is 9.99. The summed E-state index contributed by atoms with van der Waals surface area (Å²) in [6, 6.07) is 9.56. The van der Waals surface area contributed by atoms with Gasteiger partial charge in [-0.1, -0.05) is 29.5 Å². The quantitative estimate of drug-likeness (QED) is 0.162. The maximum Gasteiger partial charge on any atom is 0.350 e. The molecule has 1 atom stereocenters. The molecule has 0 radical (unpaired) electrons. The Hall–Kier alpha value is -4.51. The summed E-state index contributed by atoms with van der Waals surface area (Å²) in [5, 5.41) is 11.7. The standard InChI is InChI=1S/C28H26N4O6S/c1-6-38-27(36)24-15(3)29-28(39-24)32-21(17-9-11-18(37-5)12-10-17)19(23(34)26(32)35)22(33)20-16(4)31-13-7-8-14(2)25(31)30-20/h7-13,21,33H,6H2,1-5H3/b22-19+. The van der Waals surface area contributed by atoms with Gasteiger partial charge in [0.25, 0.3) is 5.78 Å². The number of aryl methyl sites for hydroxylation is 3. The predicted octanol–water partition coefficient (Wildman–Crippen LogP) is 4.53. The molecule has 4 heterocycles. The van der Waals surface area contributed by atoms with E-state index in [4.69, 9.17) is 9.47 Å². The van der Waals surface area contributed by atoms with Crippen LogP contribution >= 0.6 is 11.3 Å². The Balaban J connectivity index is 1.73. The third-order valence-electron chi connectivity index (χ3n) is 6.64. The minimum atomic E-state index is -1.03. The molecule has 0 bridgehead atoms. The predicted molar refractivity (Wildman–Crippen MR) is 145 cm³/mol. The number of carbonyl (C=O) groups excluding carboxylic acids is 3. The molecule has 3 aromatic heterocycles. The minimum Gasteiger partial charge on any atom is -0.505 e. The van der Waals surface area contributed by atoms with Gasteiger partial charge in [0.05, 0.1) is 36.7 Å². The van der Waals surface area contributed by atoms with Crippen LogP contribution in [0.3, 0.4) is 0 Å². The first-order valence-corrected chi connectivity index (χ1v) is 13.0. The van der Waals surface area contributed by atoms with Gasteiger partial charge in [0, 0.05) is 6.20 Å². The molecule has 1 aliphatic heterocycles. The van der Waals surface area contributed by atoms with Crippen LogP contribution in [-0.4, -0.2) is 50.9 Å². The van der Waals surface area contributed by atoms with E-state index in [2.05, 4.69) is 9.97 Å². The van der Waals surface area contributed by atoms with Gasteiger partial charge in [0.15, 0.2) is 10.9 Å². The van der Waals surface area contributed by atoms with Crippen molar-refractivity contribution in [3.05, 3.63) is 81.3 Å². The number of hydrogen-bond acceptors (Lipinski definition) is 9. The van der Waals surface area contributed by atoms with E-state index in [0.29, 0.717) is 28.3 Å². The molecule has 0 saturated carbocycles. The lowest BCUT2D eigenvalue weighted by Crippen LogP contribution is -2.29. The molecule has 1 fully saturated rings. The zero-order valence-electron chi connectivity index (χ0n) is 22.0. The molecule has 200 valence electrons. The van der Waals surface area contributed by atoms with Gasteiger partial charge >= 0.3 is 11.9 Å². The van der Waals surface area contributed by atoms with E-state index >= 15 is 0 Å². The Labute approximate surface area is 228 Å². The number of amides is 1. The number of aliphatic hydroxyl groups is 1. The molecule has 1 aromatic carbocycles. The van der Waals surface area contributed by atoms with Crippen molar-refractivity contribution in [3.8, 4) is 5.75 Å². The lowest BCUT2D eigenvalue weighted by atomic mass is 9.96. The van der Waals surface area contributed by atoms with E-state index in [1.165, 1.54) is 12.0 Å². The van der Waals surface area contributed by atoms with Gasteiger partial charge in [-0.05, 0) is 57.0 Å². The summed E-state index contributed by atoms with van der Waals surface area (Å²) in [5.74, 6) is -2.13. The van der Waals surface area contributed by atoms with Crippen molar-refractivity contribution < 1.29 is 29.0 Å². The smallest absolute Gasteiger partial charge is 0.350 e. The Morgan fingerprint density at radius 1 is 1.10 bits per heavy atom. The summed E-state index contributed by atoms with van der Waals surface area (Å²) in [6.07, 6.45) is 1.82. The maximum absolute atomic E-state index is 13.5. The van der Waals surface area contributed by atoms with E-state index in [9.17, 15) is 19.5 Å². The maximum atomic E-state index is 13.5. The summed E-state index contributed by atoms with van der Waals surface area (Å²) in [5.41, 5.74) is 3.11. The molecule has 1 unspecified atom stereocenters. The summed E-state index contributed by atoms with van der Waals surface area (Å²) in [6.45, 7) is 7.18. The Kier molecular flexibility index (Phi) is 6.69. The zero-order valence-corrected chi connectivity index (χ0v) is 22.8. The molecule has 5 rings (SSSR count). The number of methoxy groups -OCH3 is 1. The number of anilines is 1. The summed E-state index contributed by atoms with van der Waals surface area (Å²) in [4.78, 5) is 50.0. The first kappa shape index (κ1) is 26.1. The van der Waals surface area contributed by atoms with Crippen LogP contribution in [0.5, 0.6) is 5.75 Å². The highest BCUT2D eigenvalue weighted by atomic mass is 32.1. The van der Waals surface area contributed by atoms with E-state index < -0.39 is 29.5 Å². The summed E-state index contributed by atoms with van der Waals surface area (Å²) >= 11 is 0.954. The number of esters is 1. The first-order chi connectivity index (χ1) is 18.7. The largest absolute Gasteiger partial charge is 0.505 e. The summed E-state index contributed by atoms with van der Waals surface area (Å²) < 4.78 is 12.2. The van der Waals surface area contributed by atoms with E-state index in [1.807, 2.05) is 29.7 Å². The topological polar surface area (TPSA) is 123 Å². The lowest BCUT2D eigenvalue weighted by Gasteiger charge is -2.23. The van der Waals surface area contributed by atoms with Crippen LogP contribution < -0.4 is 9.64 Å². The fourth-order valence-electron chi connectivity index (χ4n) is 4.68. The average molecular weight is 547 g/mol. The van der Waals surface area contributed by atoms with Crippen molar-refractivity contribution in [3.63, 3.8) is 0 Å². The zero-order chi connectivity index (χ0) is 28.0. The van der Waals surface area contributed by atoms with Crippen LogP contribution in [0.15, 0.2) is 48.2 Å². The second-order valence-corrected chi connectivity index (χ2v) is 9.98. The highest BCUT2D eigenvalue weighted by Crippen LogP contribution is 2.44. The number of pyridine rings is 1. The minimum absolute atomic E-state index is 0.125. The number of aliphatic hydroxyl groups excluding tert-OH is 1. The number of fused-ring (bicyclic) bond motifs is 1. The summed E-state index contributed by atoms with van der Waals surface area (Å²) in [7, 11) is 1.53. The lowest BCUT2D eigenvalue weighted by molar-refractivity contribution is -0.132. The number of rotatable bonds is 6. The molecule has 0 spiro atoms. The first-order valence-electron chi connectivity index (χ1n) is 12.2. The number of ketones is 1. The number of nitrogens with zero attached hydrogens (tertiary/aromatic N) is 4. The van der Waals surface area contributed by atoms with Gasteiger partial charge in [-0.3, -0.25) is 14.5 Å². The molecule has 1 N–H and O–H groups in total. The van der Waals surface area contributed by atoms with Crippen molar-refractivity contribution >= 4 is 45.5 Å². The fraction of sp³-hybridized carbons (Fsp3) is 0.250. The van der Waals surface area contributed by atoms with E-state index in [0.717, 1.165) is 16.9 Å². The monoisotopic (exact) mass is 546 g/mol. The van der Waals surface area contributed by atoms with Gasteiger partial charge < -0.3 is 19.0 Å². The average Bonchev–Trinajstić information content (AvgIpc) is 3.56. The van der Waals surface area contributed by atoms with Crippen molar-refractivity contribution in [2.75, 3.05) is 18.6 Å². The Bertz CT molecular complexity index is 1670. The van der Waals surface area contributed by atoms with E-state index in [1.54, 1.807) is 45.0 Å². The van der Waals surface area contributed by atoms with Crippen molar-refractivity contribution in [1.82, 2.24) is 14.4 Å². The Morgan fingerprint density at radius 2 is 1.82 bits per heavy atom. The second-order valence-electron chi connectivity index (χ2n) is 9.00. The highest BCUT2D eigenvalue weighted by molar-refractivity contribution is 7.17.